The zero-order valence-electron chi connectivity index (χ0n) is 15.4. The number of halogens is 3. The predicted octanol–water partition coefficient (Wildman–Crippen LogP) is 3.67. The summed E-state index contributed by atoms with van der Waals surface area (Å²) in [6, 6.07) is 4.12. The Kier molecular flexibility index (Phi) is 7.47. The molecule has 0 aliphatic carbocycles. The van der Waals surface area contributed by atoms with E-state index in [9.17, 15) is 22.8 Å². The van der Waals surface area contributed by atoms with Crippen LogP contribution in [0.15, 0.2) is 24.3 Å². The van der Waals surface area contributed by atoms with Crippen molar-refractivity contribution >= 4 is 12.0 Å². The lowest BCUT2D eigenvalue weighted by Crippen LogP contribution is -2.47. The first-order chi connectivity index (χ1) is 11.9. The lowest BCUT2D eigenvalue weighted by atomic mass is 10.0. The minimum Gasteiger partial charge on any atom is -0.444 e. The van der Waals surface area contributed by atoms with E-state index in [1.165, 1.54) is 19.2 Å². The third kappa shape index (κ3) is 7.76. The largest absolute Gasteiger partial charge is 0.444 e. The van der Waals surface area contributed by atoms with E-state index in [-0.39, 0.29) is 5.91 Å². The second-order valence-electron chi connectivity index (χ2n) is 6.90. The van der Waals surface area contributed by atoms with Gasteiger partial charge in [-0.2, -0.15) is 13.2 Å². The van der Waals surface area contributed by atoms with Gasteiger partial charge in [0.15, 0.2) is 0 Å². The van der Waals surface area contributed by atoms with Crippen molar-refractivity contribution in [3.63, 3.8) is 0 Å². The maximum absolute atomic E-state index is 12.5. The normalized spacial score (nSPS) is 13.0. The first-order valence-corrected chi connectivity index (χ1v) is 8.29. The molecule has 0 saturated heterocycles. The zero-order valence-corrected chi connectivity index (χ0v) is 15.4. The molecule has 0 fully saturated rings. The van der Waals surface area contributed by atoms with Crippen molar-refractivity contribution in [2.45, 2.75) is 57.9 Å². The molecular weight excluding hydrogens is 349 g/mol. The third-order valence-corrected chi connectivity index (χ3v) is 3.49. The molecule has 0 aromatic heterocycles. The van der Waals surface area contributed by atoms with E-state index < -0.39 is 29.5 Å². The SMILES string of the molecule is CNC(=O)[C@H](CCCc1ccc(C(F)(F)F)cc1)NC(=O)OC(C)(C)C. The summed E-state index contributed by atoms with van der Waals surface area (Å²) < 4.78 is 42.8. The van der Waals surface area contributed by atoms with Crippen LogP contribution in [0.1, 0.15) is 44.7 Å². The van der Waals surface area contributed by atoms with Crippen LogP contribution < -0.4 is 10.6 Å². The Morgan fingerprint density at radius 2 is 1.69 bits per heavy atom. The minimum atomic E-state index is -4.36. The van der Waals surface area contributed by atoms with Gasteiger partial charge in [-0.05, 0) is 57.7 Å². The quantitative estimate of drug-likeness (QED) is 0.798. The highest BCUT2D eigenvalue weighted by atomic mass is 19.4. The number of alkyl carbamates (subject to hydrolysis) is 1. The Morgan fingerprint density at radius 3 is 2.15 bits per heavy atom. The molecule has 1 aromatic carbocycles. The molecule has 2 N–H and O–H groups in total. The summed E-state index contributed by atoms with van der Waals surface area (Å²) in [5.41, 5.74) is -0.653. The summed E-state index contributed by atoms with van der Waals surface area (Å²) in [6.45, 7) is 5.14. The number of carbonyl (C=O) groups excluding carboxylic acids is 2. The smallest absolute Gasteiger partial charge is 0.416 e. The first kappa shape index (κ1) is 21.8. The molecule has 26 heavy (non-hydrogen) atoms. The highest BCUT2D eigenvalue weighted by Gasteiger charge is 2.30. The molecule has 146 valence electrons. The fourth-order valence-electron chi connectivity index (χ4n) is 2.26. The van der Waals surface area contributed by atoms with Crippen LogP contribution in [-0.4, -0.2) is 30.7 Å². The van der Waals surface area contributed by atoms with Crippen LogP contribution >= 0.6 is 0 Å². The van der Waals surface area contributed by atoms with Crippen molar-refractivity contribution in [1.29, 1.82) is 0 Å². The van der Waals surface area contributed by atoms with Gasteiger partial charge in [0.25, 0.3) is 0 Å². The van der Waals surface area contributed by atoms with Crippen LogP contribution in [0.25, 0.3) is 0 Å². The molecule has 0 unspecified atom stereocenters. The number of hydrogen-bond acceptors (Lipinski definition) is 3. The number of aryl methyl sites for hydroxylation is 1. The van der Waals surface area contributed by atoms with Gasteiger partial charge in [-0.15, -0.1) is 0 Å². The van der Waals surface area contributed by atoms with Gasteiger partial charge < -0.3 is 15.4 Å². The minimum absolute atomic E-state index is 0.333. The molecule has 0 saturated carbocycles. The van der Waals surface area contributed by atoms with E-state index in [2.05, 4.69) is 10.6 Å². The van der Waals surface area contributed by atoms with E-state index in [1.807, 2.05) is 0 Å². The highest BCUT2D eigenvalue weighted by Crippen LogP contribution is 2.29. The van der Waals surface area contributed by atoms with Crippen LogP contribution in [0.2, 0.25) is 0 Å². The molecule has 0 aliphatic rings. The molecular formula is C18H25F3N2O3. The van der Waals surface area contributed by atoms with Gasteiger partial charge in [0.1, 0.15) is 11.6 Å². The van der Waals surface area contributed by atoms with Gasteiger partial charge in [-0.1, -0.05) is 12.1 Å². The fraction of sp³-hybridized carbons (Fsp3) is 0.556. The van der Waals surface area contributed by atoms with E-state index in [0.29, 0.717) is 19.3 Å². The van der Waals surface area contributed by atoms with E-state index in [4.69, 9.17) is 4.74 Å². The Labute approximate surface area is 151 Å². The summed E-state index contributed by atoms with van der Waals surface area (Å²) in [4.78, 5) is 23.7. The highest BCUT2D eigenvalue weighted by molar-refractivity contribution is 5.85. The number of alkyl halides is 3. The van der Waals surface area contributed by atoms with Crippen LogP contribution in [0, 0.1) is 0 Å². The number of likely N-dealkylation sites (N-methyl/N-ethyl adjacent to an activating group) is 1. The fourth-order valence-corrected chi connectivity index (χ4v) is 2.26. The summed E-state index contributed by atoms with van der Waals surface area (Å²) >= 11 is 0. The number of carbonyl (C=O) groups is 2. The maximum atomic E-state index is 12.5. The van der Waals surface area contributed by atoms with Crippen LogP contribution in [0.4, 0.5) is 18.0 Å². The Balaban J connectivity index is 2.59. The van der Waals surface area contributed by atoms with Crippen molar-refractivity contribution in [2.75, 3.05) is 7.05 Å². The second kappa shape index (κ2) is 8.91. The lowest BCUT2D eigenvalue weighted by molar-refractivity contribution is -0.137. The Hall–Kier alpha value is -2.25. The van der Waals surface area contributed by atoms with Crippen molar-refractivity contribution in [2.24, 2.45) is 0 Å². The molecule has 0 radical (unpaired) electrons. The van der Waals surface area contributed by atoms with Crippen molar-refractivity contribution < 1.29 is 27.5 Å². The maximum Gasteiger partial charge on any atom is 0.416 e. The number of hydrogen-bond donors (Lipinski definition) is 2. The Morgan fingerprint density at radius 1 is 1.12 bits per heavy atom. The van der Waals surface area contributed by atoms with E-state index in [0.717, 1.165) is 17.7 Å². The summed E-state index contributed by atoms with van der Waals surface area (Å²) in [7, 11) is 1.46. The average Bonchev–Trinajstić information content (AvgIpc) is 2.51. The van der Waals surface area contributed by atoms with Gasteiger partial charge in [0.2, 0.25) is 5.91 Å². The van der Waals surface area contributed by atoms with Crippen LogP contribution in [0.3, 0.4) is 0 Å². The topological polar surface area (TPSA) is 67.4 Å². The van der Waals surface area contributed by atoms with Crippen LogP contribution in [0.5, 0.6) is 0 Å². The molecule has 0 aliphatic heterocycles. The van der Waals surface area contributed by atoms with E-state index in [1.54, 1.807) is 20.8 Å². The van der Waals surface area contributed by atoms with Crippen molar-refractivity contribution in [1.82, 2.24) is 10.6 Å². The van der Waals surface area contributed by atoms with Gasteiger partial charge in [0.05, 0.1) is 5.56 Å². The molecule has 2 amide bonds. The molecule has 8 heteroatoms. The molecule has 1 atom stereocenters. The molecule has 0 heterocycles. The third-order valence-electron chi connectivity index (χ3n) is 3.49. The Bertz CT molecular complexity index is 608. The van der Waals surface area contributed by atoms with Gasteiger partial charge in [-0.25, -0.2) is 4.79 Å². The monoisotopic (exact) mass is 374 g/mol. The lowest BCUT2D eigenvalue weighted by Gasteiger charge is -2.23. The average molecular weight is 374 g/mol. The molecule has 0 spiro atoms. The number of benzene rings is 1. The van der Waals surface area contributed by atoms with Crippen molar-refractivity contribution in [3.05, 3.63) is 35.4 Å². The van der Waals surface area contributed by atoms with E-state index >= 15 is 0 Å². The second-order valence-corrected chi connectivity index (χ2v) is 6.90. The first-order valence-electron chi connectivity index (χ1n) is 8.29. The number of amides is 2. The summed E-state index contributed by atoms with van der Waals surface area (Å²) in [5, 5.41) is 4.99. The van der Waals surface area contributed by atoms with Gasteiger partial charge in [-0.3, -0.25) is 4.79 Å². The summed E-state index contributed by atoms with van der Waals surface area (Å²) in [6.07, 6.45) is -3.72. The summed E-state index contributed by atoms with van der Waals surface area (Å²) in [5.74, 6) is -0.358. The van der Waals surface area contributed by atoms with Gasteiger partial charge in [0, 0.05) is 7.05 Å². The van der Waals surface area contributed by atoms with Gasteiger partial charge >= 0.3 is 12.3 Å². The number of rotatable bonds is 6. The standard InChI is InChI=1S/C18H25F3N2O3/c1-17(2,3)26-16(25)23-14(15(24)22-4)7-5-6-12-8-10-13(11-9-12)18(19,20)21/h8-11,14H,5-7H2,1-4H3,(H,22,24)(H,23,25)/t14-/m0/s1. The van der Waals surface area contributed by atoms with Crippen LogP contribution in [-0.2, 0) is 22.1 Å². The molecule has 5 nitrogen and oxygen atoms in total. The zero-order chi connectivity index (χ0) is 20.0. The predicted molar refractivity (Wildman–Crippen MR) is 91.6 cm³/mol. The number of nitrogens with one attached hydrogen (secondary N) is 2. The molecule has 1 aromatic rings. The molecule has 1 rings (SSSR count). The van der Waals surface area contributed by atoms with Crippen molar-refractivity contribution in [3.8, 4) is 0 Å². The molecule has 0 bridgehead atoms. The number of ether oxygens (including phenoxy) is 1.